The van der Waals surface area contributed by atoms with Gasteiger partial charge in [-0.15, -0.1) is 11.3 Å². The first-order chi connectivity index (χ1) is 15.1. The van der Waals surface area contributed by atoms with Crippen molar-refractivity contribution >= 4 is 22.9 Å². The van der Waals surface area contributed by atoms with Crippen LogP contribution in [0.5, 0.6) is 11.5 Å². The highest BCUT2D eigenvalue weighted by atomic mass is 32.1. The lowest BCUT2D eigenvalue weighted by atomic mass is 10.2. The highest BCUT2D eigenvalue weighted by molar-refractivity contribution is 7.13. The fraction of sp³-hybridized carbons (Fsp3) is 0.0833. The molecule has 1 amide bonds. The molecule has 0 aliphatic rings. The van der Waals surface area contributed by atoms with Crippen molar-refractivity contribution in [3.63, 3.8) is 0 Å². The molecule has 1 heterocycles. The zero-order valence-corrected chi connectivity index (χ0v) is 17.5. The zero-order valence-electron chi connectivity index (χ0n) is 16.7. The summed E-state index contributed by atoms with van der Waals surface area (Å²) in [6.07, 6.45) is 0. The quantitative estimate of drug-likeness (QED) is 0.400. The lowest BCUT2D eigenvalue weighted by molar-refractivity contribution is 0.102. The second kappa shape index (κ2) is 9.40. The third kappa shape index (κ3) is 5.07. The SMILES string of the molecule is COc1ccc(NC(=O)c2csc(-c3cccc(OCc4ccccc4F)c3)n2)cc1. The minimum Gasteiger partial charge on any atom is -0.497 e. The molecular weight excluding hydrogens is 415 g/mol. The van der Waals surface area contributed by atoms with Gasteiger partial charge in [0.25, 0.3) is 5.91 Å². The van der Waals surface area contributed by atoms with E-state index in [0.717, 1.165) is 5.56 Å². The molecule has 5 nitrogen and oxygen atoms in total. The molecule has 0 spiro atoms. The first kappa shape index (κ1) is 20.6. The fourth-order valence-corrected chi connectivity index (χ4v) is 3.67. The molecule has 1 N–H and O–H groups in total. The maximum atomic E-state index is 13.8. The Bertz CT molecular complexity index is 1190. The number of carbonyl (C=O) groups is 1. The first-order valence-electron chi connectivity index (χ1n) is 9.50. The van der Waals surface area contributed by atoms with Crippen molar-refractivity contribution in [1.82, 2.24) is 4.98 Å². The monoisotopic (exact) mass is 434 g/mol. The van der Waals surface area contributed by atoms with E-state index in [0.29, 0.717) is 33.5 Å². The number of anilines is 1. The van der Waals surface area contributed by atoms with Crippen LogP contribution in [0.1, 0.15) is 16.1 Å². The van der Waals surface area contributed by atoms with Gasteiger partial charge in [-0.05, 0) is 42.5 Å². The number of nitrogens with one attached hydrogen (secondary N) is 1. The van der Waals surface area contributed by atoms with Gasteiger partial charge in [0.05, 0.1) is 7.11 Å². The number of hydrogen-bond acceptors (Lipinski definition) is 5. The largest absolute Gasteiger partial charge is 0.497 e. The third-order valence-corrected chi connectivity index (χ3v) is 5.41. The molecule has 0 radical (unpaired) electrons. The summed E-state index contributed by atoms with van der Waals surface area (Å²) in [5.41, 5.74) is 2.29. The van der Waals surface area contributed by atoms with Crippen molar-refractivity contribution < 1.29 is 18.7 Å². The number of amides is 1. The number of methoxy groups -OCH3 is 1. The third-order valence-electron chi connectivity index (χ3n) is 4.52. The molecule has 0 saturated heterocycles. The summed E-state index contributed by atoms with van der Waals surface area (Å²) in [6, 6.07) is 20.9. The molecule has 3 aromatic carbocycles. The molecule has 31 heavy (non-hydrogen) atoms. The van der Waals surface area contributed by atoms with E-state index >= 15 is 0 Å². The topological polar surface area (TPSA) is 60.5 Å². The van der Waals surface area contributed by atoms with Gasteiger partial charge < -0.3 is 14.8 Å². The summed E-state index contributed by atoms with van der Waals surface area (Å²) >= 11 is 1.37. The van der Waals surface area contributed by atoms with Crippen molar-refractivity contribution in [1.29, 1.82) is 0 Å². The van der Waals surface area contributed by atoms with E-state index in [1.807, 2.05) is 18.2 Å². The number of hydrogen-bond donors (Lipinski definition) is 1. The minimum atomic E-state index is -0.300. The van der Waals surface area contributed by atoms with E-state index in [-0.39, 0.29) is 18.3 Å². The molecule has 0 unspecified atom stereocenters. The Morgan fingerprint density at radius 3 is 2.61 bits per heavy atom. The number of ether oxygens (including phenoxy) is 2. The van der Waals surface area contributed by atoms with Crippen LogP contribution in [-0.2, 0) is 6.61 Å². The lowest BCUT2D eigenvalue weighted by Crippen LogP contribution is -2.12. The van der Waals surface area contributed by atoms with Crippen LogP contribution in [0.25, 0.3) is 10.6 Å². The fourth-order valence-electron chi connectivity index (χ4n) is 2.88. The number of benzene rings is 3. The standard InChI is InChI=1S/C24H19FN2O3S/c1-29-19-11-9-18(10-12-19)26-23(28)22-15-31-24(27-22)16-6-4-7-20(13-16)30-14-17-5-2-3-8-21(17)25/h2-13,15H,14H2,1H3,(H,26,28). The molecule has 4 rings (SSSR count). The lowest BCUT2D eigenvalue weighted by Gasteiger charge is -2.08. The van der Waals surface area contributed by atoms with Crippen molar-refractivity contribution in [3.8, 4) is 22.1 Å². The van der Waals surface area contributed by atoms with E-state index in [4.69, 9.17) is 9.47 Å². The maximum absolute atomic E-state index is 13.8. The second-order valence-corrected chi connectivity index (χ2v) is 7.49. The predicted molar refractivity (Wildman–Crippen MR) is 119 cm³/mol. The van der Waals surface area contributed by atoms with Crippen LogP contribution >= 0.6 is 11.3 Å². The summed E-state index contributed by atoms with van der Waals surface area (Å²) in [7, 11) is 1.59. The van der Waals surface area contributed by atoms with Gasteiger partial charge in [0.15, 0.2) is 0 Å². The van der Waals surface area contributed by atoms with Crippen molar-refractivity contribution in [3.05, 3.63) is 95.3 Å². The smallest absolute Gasteiger partial charge is 0.275 e. The normalized spacial score (nSPS) is 10.5. The molecule has 0 fully saturated rings. The Balaban J connectivity index is 1.44. The Morgan fingerprint density at radius 2 is 1.84 bits per heavy atom. The summed E-state index contributed by atoms with van der Waals surface area (Å²) in [5, 5.41) is 5.22. The summed E-state index contributed by atoms with van der Waals surface area (Å²) < 4.78 is 24.6. The molecule has 156 valence electrons. The molecule has 0 saturated carbocycles. The van der Waals surface area contributed by atoms with Crippen LogP contribution in [-0.4, -0.2) is 18.0 Å². The van der Waals surface area contributed by atoms with Crippen LogP contribution in [0.4, 0.5) is 10.1 Å². The molecule has 0 aliphatic carbocycles. The van der Waals surface area contributed by atoms with Gasteiger partial charge in [-0.2, -0.15) is 0 Å². The number of rotatable bonds is 7. The number of carbonyl (C=O) groups excluding carboxylic acids is 1. The summed E-state index contributed by atoms with van der Waals surface area (Å²) in [6.45, 7) is 0.128. The predicted octanol–water partition coefficient (Wildman–Crippen LogP) is 5.79. The Labute approximate surface area is 183 Å². The molecule has 1 aromatic heterocycles. The average molecular weight is 434 g/mol. The minimum absolute atomic E-state index is 0.128. The van der Waals surface area contributed by atoms with Crippen molar-refractivity contribution in [2.45, 2.75) is 6.61 Å². The molecular formula is C24H19FN2O3S. The van der Waals surface area contributed by atoms with Gasteiger partial charge in [-0.3, -0.25) is 4.79 Å². The van der Waals surface area contributed by atoms with Crippen LogP contribution < -0.4 is 14.8 Å². The van der Waals surface area contributed by atoms with Crippen LogP contribution in [0.15, 0.2) is 78.2 Å². The van der Waals surface area contributed by atoms with E-state index in [2.05, 4.69) is 10.3 Å². The highest BCUT2D eigenvalue weighted by Gasteiger charge is 2.13. The van der Waals surface area contributed by atoms with Gasteiger partial charge in [0, 0.05) is 22.2 Å². The van der Waals surface area contributed by atoms with Gasteiger partial charge in [0.1, 0.15) is 34.6 Å². The highest BCUT2D eigenvalue weighted by Crippen LogP contribution is 2.28. The number of halogens is 1. The van der Waals surface area contributed by atoms with Crippen molar-refractivity contribution in [2.24, 2.45) is 0 Å². The Hall–Kier alpha value is -3.71. The number of nitrogens with zero attached hydrogens (tertiary/aromatic N) is 1. The zero-order chi connectivity index (χ0) is 21.6. The van der Waals surface area contributed by atoms with Crippen LogP contribution in [0.2, 0.25) is 0 Å². The van der Waals surface area contributed by atoms with E-state index in [9.17, 15) is 9.18 Å². The average Bonchev–Trinajstić information content (AvgIpc) is 3.30. The van der Waals surface area contributed by atoms with E-state index in [1.165, 1.54) is 17.4 Å². The van der Waals surface area contributed by atoms with Gasteiger partial charge in [-0.1, -0.05) is 30.3 Å². The second-order valence-electron chi connectivity index (χ2n) is 6.63. The first-order valence-corrected chi connectivity index (χ1v) is 10.4. The summed E-state index contributed by atoms with van der Waals surface area (Å²) in [4.78, 5) is 17.0. The summed E-state index contributed by atoms with van der Waals surface area (Å²) in [5.74, 6) is 0.719. The van der Waals surface area contributed by atoms with E-state index in [1.54, 1.807) is 61.0 Å². The Morgan fingerprint density at radius 1 is 1.03 bits per heavy atom. The molecule has 0 bridgehead atoms. The van der Waals surface area contributed by atoms with Gasteiger partial charge >= 0.3 is 0 Å². The molecule has 7 heteroatoms. The van der Waals surface area contributed by atoms with E-state index < -0.39 is 0 Å². The maximum Gasteiger partial charge on any atom is 0.275 e. The molecule has 0 atom stereocenters. The van der Waals surface area contributed by atoms with Crippen LogP contribution in [0, 0.1) is 5.82 Å². The van der Waals surface area contributed by atoms with Crippen molar-refractivity contribution in [2.75, 3.05) is 12.4 Å². The van der Waals surface area contributed by atoms with Gasteiger partial charge in [-0.25, -0.2) is 9.37 Å². The molecule has 4 aromatic rings. The number of thiazole rings is 1. The van der Waals surface area contributed by atoms with Crippen LogP contribution in [0.3, 0.4) is 0 Å². The molecule has 0 aliphatic heterocycles. The number of aromatic nitrogens is 1. The van der Waals surface area contributed by atoms with Gasteiger partial charge in [0.2, 0.25) is 0 Å². The Kier molecular flexibility index (Phi) is 6.24.